The van der Waals surface area contributed by atoms with Gasteiger partial charge in [0, 0.05) is 20.9 Å². The maximum atomic E-state index is 12.6. The Hall–Kier alpha value is -2.54. The van der Waals surface area contributed by atoms with E-state index in [4.69, 9.17) is 27.9 Å². The van der Waals surface area contributed by atoms with E-state index in [2.05, 4.69) is 26.6 Å². The van der Waals surface area contributed by atoms with Crippen molar-refractivity contribution < 1.29 is 14.3 Å². The molecule has 0 atom stereocenters. The van der Waals surface area contributed by atoms with Crippen LogP contribution in [0.15, 0.2) is 65.1 Å². The number of carbonyl (C=O) groups excluding carboxylic acids is 2. The largest absolute Gasteiger partial charge is 0.496 e. The van der Waals surface area contributed by atoms with Gasteiger partial charge in [-0.05, 0) is 54.6 Å². The predicted molar refractivity (Wildman–Crippen MR) is 120 cm³/mol. The number of rotatable bonds is 5. The number of methoxy groups -OCH3 is 1. The summed E-state index contributed by atoms with van der Waals surface area (Å²) >= 11 is 15.3. The fraction of sp³-hybridized carbons (Fsp3) is 0.0476. The third-order valence-corrected chi connectivity index (χ3v) is 5.00. The van der Waals surface area contributed by atoms with Crippen molar-refractivity contribution >= 4 is 62.3 Å². The number of anilines is 2. The molecule has 0 spiro atoms. The molecule has 0 unspecified atom stereocenters. The van der Waals surface area contributed by atoms with Crippen LogP contribution in [0, 0.1) is 0 Å². The molecule has 3 aromatic rings. The second-order valence-electron chi connectivity index (χ2n) is 5.96. The van der Waals surface area contributed by atoms with Crippen LogP contribution in [-0.2, 0) is 0 Å². The Kier molecular flexibility index (Phi) is 6.79. The van der Waals surface area contributed by atoms with Gasteiger partial charge in [-0.15, -0.1) is 0 Å². The zero-order valence-electron chi connectivity index (χ0n) is 15.1. The highest BCUT2D eigenvalue weighted by Crippen LogP contribution is 2.25. The lowest BCUT2D eigenvalue weighted by Gasteiger charge is -2.12. The molecule has 0 aromatic heterocycles. The molecule has 0 fully saturated rings. The number of carbonyl (C=O) groups is 2. The molecule has 0 saturated carbocycles. The van der Waals surface area contributed by atoms with Crippen molar-refractivity contribution in [3.63, 3.8) is 0 Å². The van der Waals surface area contributed by atoms with E-state index in [1.165, 1.54) is 13.2 Å². The van der Waals surface area contributed by atoms with Crippen LogP contribution < -0.4 is 15.4 Å². The van der Waals surface area contributed by atoms with Crippen LogP contribution in [0.2, 0.25) is 10.0 Å². The van der Waals surface area contributed by atoms with Crippen molar-refractivity contribution in [3.05, 3.63) is 86.3 Å². The fourth-order valence-electron chi connectivity index (χ4n) is 2.60. The summed E-state index contributed by atoms with van der Waals surface area (Å²) < 4.78 is 6.00. The second kappa shape index (κ2) is 9.31. The van der Waals surface area contributed by atoms with Crippen LogP contribution in [-0.4, -0.2) is 18.9 Å². The van der Waals surface area contributed by atoms with E-state index in [1.807, 2.05) is 0 Å². The lowest BCUT2D eigenvalue weighted by Crippen LogP contribution is -2.15. The molecule has 0 aliphatic heterocycles. The average Bonchev–Trinajstić information content (AvgIpc) is 2.68. The first-order chi connectivity index (χ1) is 13.9. The van der Waals surface area contributed by atoms with Crippen molar-refractivity contribution in [2.45, 2.75) is 0 Å². The van der Waals surface area contributed by atoms with E-state index >= 15 is 0 Å². The van der Waals surface area contributed by atoms with Gasteiger partial charge in [-0.25, -0.2) is 0 Å². The molecule has 5 nitrogen and oxygen atoms in total. The molecule has 148 valence electrons. The van der Waals surface area contributed by atoms with Gasteiger partial charge in [0.05, 0.1) is 23.3 Å². The molecule has 8 heteroatoms. The molecule has 0 radical (unpaired) electrons. The Morgan fingerprint density at radius 3 is 2.14 bits per heavy atom. The summed E-state index contributed by atoms with van der Waals surface area (Å²) in [5.41, 5.74) is 1.69. The minimum atomic E-state index is -0.385. The summed E-state index contributed by atoms with van der Waals surface area (Å²) in [5, 5.41) is 6.25. The van der Waals surface area contributed by atoms with Crippen LogP contribution in [0.1, 0.15) is 20.7 Å². The third-order valence-electron chi connectivity index (χ3n) is 3.96. The van der Waals surface area contributed by atoms with E-state index in [-0.39, 0.29) is 16.8 Å². The van der Waals surface area contributed by atoms with Gasteiger partial charge in [0.2, 0.25) is 0 Å². The number of nitrogens with one attached hydrogen (secondary N) is 2. The number of halogens is 3. The van der Waals surface area contributed by atoms with Gasteiger partial charge >= 0.3 is 0 Å². The molecule has 0 saturated heterocycles. The summed E-state index contributed by atoms with van der Waals surface area (Å²) in [4.78, 5) is 25.1. The maximum Gasteiger partial charge on any atom is 0.259 e. The highest BCUT2D eigenvalue weighted by molar-refractivity contribution is 9.10. The molecule has 0 aliphatic rings. The van der Waals surface area contributed by atoms with Crippen LogP contribution in [0.3, 0.4) is 0 Å². The van der Waals surface area contributed by atoms with Crippen LogP contribution >= 0.6 is 39.1 Å². The lowest BCUT2D eigenvalue weighted by molar-refractivity contribution is 0.101. The Morgan fingerprint density at radius 1 is 0.862 bits per heavy atom. The molecular formula is C21H15BrCl2N2O3. The summed E-state index contributed by atoms with van der Waals surface area (Å²) in [6.07, 6.45) is 0. The van der Waals surface area contributed by atoms with Gasteiger partial charge in [-0.3, -0.25) is 9.59 Å². The van der Waals surface area contributed by atoms with Crippen LogP contribution in [0.4, 0.5) is 11.4 Å². The Bertz CT molecular complexity index is 1090. The highest BCUT2D eigenvalue weighted by atomic mass is 79.9. The summed E-state index contributed by atoms with van der Waals surface area (Å²) in [5.74, 6) is -0.274. The molecule has 0 bridgehead atoms. The summed E-state index contributed by atoms with van der Waals surface area (Å²) in [7, 11) is 1.50. The highest BCUT2D eigenvalue weighted by Gasteiger charge is 2.14. The topological polar surface area (TPSA) is 67.4 Å². The van der Waals surface area contributed by atoms with Crippen molar-refractivity contribution in [1.29, 1.82) is 0 Å². The van der Waals surface area contributed by atoms with E-state index in [1.54, 1.807) is 54.6 Å². The Labute approximate surface area is 186 Å². The Morgan fingerprint density at radius 2 is 1.52 bits per heavy atom. The number of hydrogen-bond acceptors (Lipinski definition) is 3. The zero-order chi connectivity index (χ0) is 21.0. The average molecular weight is 494 g/mol. The predicted octanol–water partition coefficient (Wildman–Crippen LogP) is 6.27. The SMILES string of the molecule is COc1ccc(Br)cc1C(=O)Nc1cccc(NC(=O)c2ccc(Cl)cc2Cl)c1. The first kappa shape index (κ1) is 21.2. The molecular weight excluding hydrogens is 479 g/mol. The van der Waals surface area contributed by atoms with Crippen LogP contribution in [0.25, 0.3) is 0 Å². The molecule has 0 heterocycles. The summed E-state index contributed by atoms with van der Waals surface area (Å²) in [6, 6.07) is 16.6. The van der Waals surface area contributed by atoms with Crippen molar-refractivity contribution in [2.24, 2.45) is 0 Å². The first-order valence-corrected chi connectivity index (χ1v) is 9.93. The number of benzene rings is 3. The molecule has 0 aliphatic carbocycles. The maximum absolute atomic E-state index is 12.6. The quantitative estimate of drug-likeness (QED) is 0.440. The normalized spacial score (nSPS) is 10.3. The van der Waals surface area contributed by atoms with Crippen molar-refractivity contribution in [2.75, 3.05) is 17.7 Å². The van der Waals surface area contributed by atoms with E-state index in [9.17, 15) is 9.59 Å². The van der Waals surface area contributed by atoms with Crippen molar-refractivity contribution in [3.8, 4) is 5.75 Å². The van der Waals surface area contributed by atoms with Gasteiger partial charge in [0.15, 0.2) is 0 Å². The summed E-state index contributed by atoms with van der Waals surface area (Å²) in [6.45, 7) is 0. The van der Waals surface area contributed by atoms with Crippen molar-refractivity contribution in [1.82, 2.24) is 0 Å². The van der Waals surface area contributed by atoms with E-state index in [0.29, 0.717) is 33.3 Å². The monoisotopic (exact) mass is 492 g/mol. The number of hydrogen-bond donors (Lipinski definition) is 2. The Balaban J connectivity index is 1.77. The molecule has 2 N–H and O–H groups in total. The molecule has 3 aromatic carbocycles. The number of ether oxygens (including phenoxy) is 1. The molecule has 29 heavy (non-hydrogen) atoms. The van der Waals surface area contributed by atoms with E-state index in [0.717, 1.165) is 4.47 Å². The third kappa shape index (κ3) is 5.29. The minimum absolute atomic E-state index is 0.251. The zero-order valence-corrected chi connectivity index (χ0v) is 18.2. The first-order valence-electron chi connectivity index (χ1n) is 8.39. The fourth-order valence-corrected chi connectivity index (χ4v) is 3.46. The molecule has 2 amide bonds. The number of amides is 2. The van der Waals surface area contributed by atoms with Crippen LogP contribution in [0.5, 0.6) is 5.75 Å². The second-order valence-corrected chi connectivity index (χ2v) is 7.72. The lowest BCUT2D eigenvalue weighted by atomic mass is 10.1. The standard InChI is InChI=1S/C21H15BrCl2N2O3/c1-29-19-8-5-12(22)9-17(19)21(28)26-15-4-2-3-14(11-15)25-20(27)16-7-6-13(23)10-18(16)24/h2-11H,1H3,(H,25,27)(H,26,28). The van der Waals surface area contributed by atoms with Gasteiger partial charge in [-0.2, -0.15) is 0 Å². The smallest absolute Gasteiger partial charge is 0.259 e. The minimum Gasteiger partial charge on any atom is -0.496 e. The van der Waals surface area contributed by atoms with Gasteiger partial charge in [-0.1, -0.05) is 45.2 Å². The van der Waals surface area contributed by atoms with Gasteiger partial charge in [0.1, 0.15) is 5.75 Å². The van der Waals surface area contributed by atoms with Gasteiger partial charge in [0.25, 0.3) is 11.8 Å². The van der Waals surface area contributed by atoms with Gasteiger partial charge < -0.3 is 15.4 Å². The van der Waals surface area contributed by atoms with E-state index < -0.39 is 0 Å². The molecule has 3 rings (SSSR count).